The quantitative estimate of drug-likeness (QED) is 0.640. The van der Waals surface area contributed by atoms with Gasteiger partial charge in [-0.1, -0.05) is 13.0 Å². The molecule has 0 aromatic heterocycles. The van der Waals surface area contributed by atoms with Crippen molar-refractivity contribution in [1.29, 1.82) is 0 Å². The van der Waals surface area contributed by atoms with Crippen molar-refractivity contribution >= 4 is 23.0 Å². The highest BCUT2D eigenvalue weighted by atomic mass is 32.1. The molecule has 6 heteroatoms. The summed E-state index contributed by atoms with van der Waals surface area (Å²) in [5.41, 5.74) is -0.204. The number of hydrogen-bond acceptors (Lipinski definition) is 2. The zero-order valence-corrected chi connectivity index (χ0v) is 13.7. The lowest BCUT2D eigenvalue weighted by molar-refractivity contribution is 0.182. The van der Waals surface area contributed by atoms with E-state index in [1.165, 1.54) is 31.0 Å². The van der Waals surface area contributed by atoms with Gasteiger partial charge in [0.1, 0.15) is 17.3 Å². The summed E-state index contributed by atoms with van der Waals surface area (Å²) in [5.74, 6) is -0.522. The van der Waals surface area contributed by atoms with E-state index in [1.54, 1.807) is 0 Å². The van der Waals surface area contributed by atoms with Crippen molar-refractivity contribution in [3.05, 3.63) is 29.8 Å². The number of likely N-dealkylation sites (tertiary alicyclic amines) is 1. The fourth-order valence-electron chi connectivity index (χ4n) is 2.77. The molecule has 3 nitrogen and oxygen atoms in total. The maximum absolute atomic E-state index is 13.5. The molecular formula is C16H23F2N3S. The SMILES string of the molecule is CC1CCCN(CCCNC(=S)Nc2c(F)cccc2F)C1. The van der Waals surface area contributed by atoms with Crippen molar-refractivity contribution in [3.8, 4) is 0 Å². The van der Waals surface area contributed by atoms with E-state index in [1.807, 2.05) is 0 Å². The Labute approximate surface area is 136 Å². The summed E-state index contributed by atoms with van der Waals surface area (Å²) < 4.78 is 27.0. The summed E-state index contributed by atoms with van der Waals surface area (Å²) in [4.78, 5) is 2.46. The van der Waals surface area contributed by atoms with Gasteiger partial charge < -0.3 is 15.5 Å². The van der Waals surface area contributed by atoms with Crippen LogP contribution >= 0.6 is 12.2 Å². The Morgan fingerprint density at radius 2 is 2.09 bits per heavy atom. The second-order valence-corrected chi connectivity index (χ2v) is 6.29. The predicted octanol–water partition coefficient (Wildman–Crippen LogP) is 3.37. The van der Waals surface area contributed by atoms with Gasteiger partial charge in [-0.25, -0.2) is 8.78 Å². The zero-order chi connectivity index (χ0) is 15.9. The molecule has 0 spiro atoms. The summed E-state index contributed by atoms with van der Waals surface area (Å²) in [6, 6.07) is 3.73. The van der Waals surface area contributed by atoms with Crippen LogP contribution in [0.25, 0.3) is 0 Å². The van der Waals surface area contributed by atoms with E-state index in [2.05, 4.69) is 22.5 Å². The van der Waals surface area contributed by atoms with Crippen LogP contribution in [0.3, 0.4) is 0 Å². The Morgan fingerprint density at radius 1 is 1.36 bits per heavy atom. The monoisotopic (exact) mass is 327 g/mol. The lowest BCUT2D eigenvalue weighted by Crippen LogP contribution is -2.37. The second-order valence-electron chi connectivity index (χ2n) is 5.88. The number of halogens is 2. The molecule has 1 aliphatic heterocycles. The average molecular weight is 327 g/mol. The minimum absolute atomic E-state index is 0.204. The van der Waals surface area contributed by atoms with Crippen molar-refractivity contribution in [2.24, 2.45) is 5.92 Å². The predicted molar refractivity (Wildman–Crippen MR) is 90.0 cm³/mol. The molecule has 2 rings (SSSR count). The zero-order valence-electron chi connectivity index (χ0n) is 12.9. The van der Waals surface area contributed by atoms with Gasteiger partial charge in [0.25, 0.3) is 0 Å². The normalized spacial score (nSPS) is 19.0. The summed E-state index contributed by atoms with van der Waals surface area (Å²) in [6.07, 6.45) is 3.53. The highest BCUT2D eigenvalue weighted by Crippen LogP contribution is 2.18. The first-order valence-corrected chi connectivity index (χ1v) is 8.18. The molecule has 0 saturated carbocycles. The summed E-state index contributed by atoms with van der Waals surface area (Å²) >= 11 is 5.07. The van der Waals surface area contributed by atoms with Crippen LogP contribution in [0.5, 0.6) is 0 Å². The Morgan fingerprint density at radius 3 is 2.77 bits per heavy atom. The van der Waals surface area contributed by atoms with Crippen molar-refractivity contribution in [2.75, 3.05) is 31.5 Å². The van der Waals surface area contributed by atoms with Gasteiger partial charge in [0, 0.05) is 13.1 Å². The molecule has 1 fully saturated rings. The molecule has 1 aromatic rings. The van der Waals surface area contributed by atoms with Gasteiger partial charge in [-0.3, -0.25) is 0 Å². The first-order chi connectivity index (χ1) is 10.6. The molecular weight excluding hydrogens is 304 g/mol. The Kier molecular flexibility index (Phi) is 6.51. The smallest absolute Gasteiger partial charge is 0.170 e. The van der Waals surface area contributed by atoms with Crippen LogP contribution in [0.4, 0.5) is 14.5 Å². The summed E-state index contributed by atoms with van der Waals surface area (Å²) in [7, 11) is 0. The highest BCUT2D eigenvalue weighted by Gasteiger charge is 2.15. The number of nitrogens with zero attached hydrogens (tertiary/aromatic N) is 1. The fourth-order valence-corrected chi connectivity index (χ4v) is 2.97. The number of para-hydroxylation sites is 1. The largest absolute Gasteiger partial charge is 0.362 e. The third-order valence-corrected chi connectivity index (χ3v) is 4.13. The summed E-state index contributed by atoms with van der Waals surface area (Å²) in [5, 5.41) is 5.82. The number of benzene rings is 1. The van der Waals surface area contributed by atoms with Gasteiger partial charge in [0.2, 0.25) is 0 Å². The van der Waals surface area contributed by atoms with Gasteiger partial charge in [0.05, 0.1) is 0 Å². The Balaban J connectivity index is 1.68. The number of thiocarbonyl (C=S) groups is 1. The highest BCUT2D eigenvalue weighted by molar-refractivity contribution is 7.80. The average Bonchev–Trinajstić information content (AvgIpc) is 2.48. The van der Waals surface area contributed by atoms with Gasteiger partial charge >= 0.3 is 0 Å². The van der Waals surface area contributed by atoms with Crippen LogP contribution in [-0.4, -0.2) is 36.2 Å². The van der Waals surface area contributed by atoms with E-state index >= 15 is 0 Å². The molecule has 0 amide bonds. The minimum Gasteiger partial charge on any atom is -0.362 e. The Bertz CT molecular complexity index is 490. The molecule has 1 aromatic carbocycles. The molecule has 1 saturated heterocycles. The maximum Gasteiger partial charge on any atom is 0.170 e. The van der Waals surface area contributed by atoms with Crippen LogP contribution in [0.15, 0.2) is 18.2 Å². The Hall–Kier alpha value is -1.27. The first-order valence-electron chi connectivity index (χ1n) is 7.77. The number of anilines is 1. The fraction of sp³-hybridized carbons (Fsp3) is 0.562. The molecule has 0 radical (unpaired) electrons. The van der Waals surface area contributed by atoms with Crippen molar-refractivity contribution in [2.45, 2.75) is 26.2 Å². The van der Waals surface area contributed by atoms with E-state index in [0.717, 1.165) is 32.0 Å². The lowest BCUT2D eigenvalue weighted by Gasteiger charge is -2.30. The van der Waals surface area contributed by atoms with E-state index in [9.17, 15) is 8.78 Å². The second kappa shape index (κ2) is 8.39. The van der Waals surface area contributed by atoms with Gasteiger partial charge in [0.15, 0.2) is 5.11 Å². The van der Waals surface area contributed by atoms with Crippen molar-refractivity contribution in [3.63, 3.8) is 0 Å². The number of hydrogen-bond donors (Lipinski definition) is 2. The first kappa shape index (κ1) is 17.1. The van der Waals surface area contributed by atoms with E-state index in [4.69, 9.17) is 12.2 Å². The van der Waals surface area contributed by atoms with E-state index < -0.39 is 11.6 Å². The van der Waals surface area contributed by atoms with E-state index in [0.29, 0.717) is 6.54 Å². The van der Waals surface area contributed by atoms with Gasteiger partial charge in [-0.15, -0.1) is 0 Å². The molecule has 1 aliphatic rings. The lowest BCUT2D eigenvalue weighted by atomic mass is 10.0. The molecule has 2 N–H and O–H groups in total. The van der Waals surface area contributed by atoms with Crippen LogP contribution in [0, 0.1) is 17.6 Å². The molecule has 1 unspecified atom stereocenters. The third-order valence-electron chi connectivity index (χ3n) is 3.88. The van der Waals surface area contributed by atoms with Crippen LogP contribution in [-0.2, 0) is 0 Å². The summed E-state index contributed by atoms with van der Waals surface area (Å²) in [6.45, 7) is 6.31. The molecule has 122 valence electrons. The van der Waals surface area contributed by atoms with Crippen molar-refractivity contribution < 1.29 is 8.78 Å². The topological polar surface area (TPSA) is 27.3 Å². The minimum atomic E-state index is -0.647. The molecule has 1 heterocycles. The number of rotatable bonds is 5. The van der Waals surface area contributed by atoms with Gasteiger partial charge in [-0.2, -0.15) is 0 Å². The third kappa shape index (κ3) is 5.18. The molecule has 22 heavy (non-hydrogen) atoms. The molecule has 0 bridgehead atoms. The van der Waals surface area contributed by atoms with Crippen molar-refractivity contribution in [1.82, 2.24) is 10.2 Å². The molecule has 1 atom stereocenters. The number of nitrogens with one attached hydrogen (secondary N) is 2. The van der Waals surface area contributed by atoms with Crippen LogP contribution in [0.1, 0.15) is 26.2 Å². The van der Waals surface area contributed by atoms with Crippen LogP contribution in [0.2, 0.25) is 0 Å². The van der Waals surface area contributed by atoms with Crippen LogP contribution < -0.4 is 10.6 Å². The van der Waals surface area contributed by atoms with Gasteiger partial charge in [-0.05, 0) is 62.6 Å². The molecule has 0 aliphatic carbocycles. The standard InChI is InChI=1S/C16H23F2N3S/c1-12-5-3-9-21(11-12)10-4-8-19-16(22)20-15-13(17)6-2-7-14(15)18/h2,6-7,12H,3-5,8-11H2,1H3,(H2,19,20,22). The maximum atomic E-state index is 13.5. The van der Waals surface area contributed by atoms with E-state index in [-0.39, 0.29) is 10.8 Å². The number of piperidine rings is 1.